The number of hydrogen-bond acceptors (Lipinski definition) is 2. The van der Waals surface area contributed by atoms with Crippen molar-refractivity contribution in [2.24, 2.45) is 7.05 Å². The molecule has 0 saturated heterocycles. The van der Waals surface area contributed by atoms with Crippen molar-refractivity contribution in [1.29, 1.82) is 0 Å². The molecule has 1 unspecified atom stereocenters. The molecule has 0 amide bonds. The molecule has 0 aliphatic carbocycles. The SMILES string of the molecule is Cc1nn(C)c(C)c1CNC(C)Cc1ccccc1Cl. The lowest BCUT2D eigenvalue weighted by Gasteiger charge is -2.15. The van der Waals surface area contributed by atoms with Gasteiger partial charge in [-0.2, -0.15) is 5.10 Å². The fourth-order valence-electron chi connectivity index (χ4n) is 2.42. The van der Waals surface area contributed by atoms with E-state index in [2.05, 4.69) is 37.3 Å². The highest BCUT2D eigenvalue weighted by Crippen LogP contribution is 2.17. The highest BCUT2D eigenvalue weighted by molar-refractivity contribution is 6.31. The molecule has 0 radical (unpaired) electrons. The molecule has 2 rings (SSSR count). The summed E-state index contributed by atoms with van der Waals surface area (Å²) in [5.41, 5.74) is 4.80. The van der Waals surface area contributed by atoms with Crippen molar-refractivity contribution in [2.45, 2.75) is 39.8 Å². The monoisotopic (exact) mass is 291 g/mol. The number of halogens is 1. The smallest absolute Gasteiger partial charge is 0.0641 e. The van der Waals surface area contributed by atoms with Crippen molar-refractivity contribution >= 4 is 11.6 Å². The van der Waals surface area contributed by atoms with Crippen LogP contribution in [0.5, 0.6) is 0 Å². The lowest BCUT2D eigenvalue weighted by molar-refractivity contribution is 0.543. The second-order valence-electron chi connectivity index (χ2n) is 5.35. The molecule has 108 valence electrons. The maximum absolute atomic E-state index is 6.20. The predicted molar refractivity (Wildman–Crippen MR) is 84.1 cm³/mol. The number of hydrogen-bond donors (Lipinski definition) is 1. The summed E-state index contributed by atoms with van der Waals surface area (Å²) in [7, 11) is 1.99. The van der Waals surface area contributed by atoms with E-state index >= 15 is 0 Å². The Bertz CT molecular complexity index is 589. The van der Waals surface area contributed by atoms with Crippen LogP contribution in [0.15, 0.2) is 24.3 Å². The van der Waals surface area contributed by atoms with Crippen LogP contribution in [0, 0.1) is 13.8 Å². The van der Waals surface area contributed by atoms with Gasteiger partial charge < -0.3 is 5.32 Å². The number of aryl methyl sites for hydroxylation is 2. The fraction of sp³-hybridized carbons (Fsp3) is 0.438. The van der Waals surface area contributed by atoms with Gasteiger partial charge in [0.05, 0.1) is 5.69 Å². The van der Waals surface area contributed by atoms with E-state index in [0.717, 1.165) is 23.7 Å². The van der Waals surface area contributed by atoms with Crippen molar-refractivity contribution in [2.75, 3.05) is 0 Å². The summed E-state index contributed by atoms with van der Waals surface area (Å²) in [6, 6.07) is 8.39. The molecule has 3 nitrogen and oxygen atoms in total. The van der Waals surface area contributed by atoms with Gasteiger partial charge in [-0.15, -0.1) is 0 Å². The molecule has 2 aromatic rings. The zero-order chi connectivity index (χ0) is 14.7. The first kappa shape index (κ1) is 15.1. The van der Waals surface area contributed by atoms with Crippen LogP contribution in [0.2, 0.25) is 5.02 Å². The van der Waals surface area contributed by atoms with Crippen LogP contribution in [0.4, 0.5) is 0 Å². The van der Waals surface area contributed by atoms with Crippen LogP contribution in [-0.4, -0.2) is 15.8 Å². The zero-order valence-electron chi connectivity index (χ0n) is 12.6. The van der Waals surface area contributed by atoms with Crippen molar-refractivity contribution in [3.05, 3.63) is 51.8 Å². The third-order valence-corrected chi connectivity index (χ3v) is 4.14. The largest absolute Gasteiger partial charge is 0.310 e. The first-order chi connectivity index (χ1) is 9.49. The molecule has 0 spiro atoms. The Morgan fingerprint density at radius 1 is 1.30 bits per heavy atom. The molecule has 0 aliphatic heterocycles. The first-order valence-electron chi connectivity index (χ1n) is 6.95. The molecule has 1 N–H and O–H groups in total. The number of rotatable bonds is 5. The van der Waals surface area contributed by atoms with Crippen molar-refractivity contribution in [3.8, 4) is 0 Å². The molecule has 0 bridgehead atoms. The molecule has 1 heterocycles. The molecule has 0 fully saturated rings. The maximum atomic E-state index is 6.20. The third-order valence-electron chi connectivity index (χ3n) is 3.77. The molecule has 1 aromatic heterocycles. The molecule has 1 aromatic carbocycles. The highest BCUT2D eigenvalue weighted by atomic mass is 35.5. The summed E-state index contributed by atoms with van der Waals surface area (Å²) in [5.74, 6) is 0. The van der Waals surface area contributed by atoms with Gasteiger partial charge in [-0.25, -0.2) is 0 Å². The second kappa shape index (κ2) is 6.42. The van der Waals surface area contributed by atoms with Crippen LogP contribution in [0.3, 0.4) is 0 Å². The normalized spacial score (nSPS) is 12.7. The quantitative estimate of drug-likeness (QED) is 0.915. The summed E-state index contributed by atoms with van der Waals surface area (Å²) >= 11 is 6.20. The number of benzene rings is 1. The fourth-order valence-corrected chi connectivity index (χ4v) is 2.63. The Morgan fingerprint density at radius 2 is 2.00 bits per heavy atom. The molecule has 0 aliphatic rings. The van der Waals surface area contributed by atoms with Crippen molar-refractivity contribution < 1.29 is 0 Å². The number of nitrogens with zero attached hydrogens (tertiary/aromatic N) is 2. The number of aromatic nitrogens is 2. The minimum atomic E-state index is 0.369. The number of nitrogens with one attached hydrogen (secondary N) is 1. The Balaban J connectivity index is 1.96. The topological polar surface area (TPSA) is 29.9 Å². The molecule has 0 saturated carbocycles. The second-order valence-corrected chi connectivity index (χ2v) is 5.76. The van der Waals surface area contributed by atoms with Gasteiger partial charge in [0.25, 0.3) is 0 Å². The van der Waals surface area contributed by atoms with E-state index in [1.807, 2.05) is 29.9 Å². The summed E-state index contributed by atoms with van der Waals surface area (Å²) in [4.78, 5) is 0. The summed E-state index contributed by atoms with van der Waals surface area (Å²) in [6.45, 7) is 7.19. The molecule has 20 heavy (non-hydrogen) atoms. The lowest BCUT2D eigenvalue weighted by Crippen LogP contribution is -2.28. The van der Waals surface area contributed by atoms with Crippen molar-refractivity contribution in [1.82, 2.24) is 15.1 Å². The van der Waals surface area contributed by atoms with Gasteiger partial charge in [0.1, 0.15) is 0 Å². The van der Waals surface area contributed by atoms with Gasteiger partial charge in [-0.1, -0.05) is 29.8 Å². The van der Waals surface area contributed by atoms with Crippen LogP contribution in [-0.2, 0) is 20.0 Å². The molecular formula is C16H22ClN3. The van der Waals surface area contributed by atoms with Crippen LogP contribution in [0.25, 0.3) is 0 Å². The van der Waals surface area contributed by atoms with Gasteiger partial charge in [-0.05, 0) is 38.8 Å². The van der Waals surface area contributed by atoms with E-state index in [0.29, 0.717) is 6.04 Å². The summed E-state index contributed by atoms with van der Waals surface area (Å²) in [5, 5.41) is 8.84. The minimum Gasteiger partial charge on any atom is -0.310 e. The van der Waals surface area contributed by atoms with E-state index < -0.39 is 0 Å². The van der Waals surface area contributed by atoms with Gasteiger partial charge in [0.15, 0.2) is 0 Å². The van der Waals surface area contributed by atoms with Crippen LogP contribution < -0.4 is 5.32 Å². The van der Waals surface area contributed by atoms with Gasteiger partial charge >= 0.3 is 0 Å². The lowest BCUT2D eigenvalue weighted by atomic mass is 10.1. The van der Waals surface area contributed by atoms with E-state index in [1.54, 1.807) is 0 Å². The standard InChI is InChI=1S/C16H22ClN3/c1-11(9-14-7-5-6-8-16(14)17)18-10-15-12(2)19-20(4)13(15)3/h5-8,11,18H,9-10H2,1-4H3. The predicted octanol–water partition coefficient (Wildman–Crippen LogP) is 3.41. The Kier molecular flexibility index (Phi) is 4.84. The zero-order valence-corrected chi connectivity index (χ0v) is 13.3. The molecule has 4 heteroatoms. The van der Waals surface area contributed by atoms with Gasteiger partial charge in [-0.3, -0.25) is 4.68 Å². The van der Waals surface area contributed by atoms with Gasteiger partial charge in [0.2, 0.25) is 0 Å². The van der Waals surface area contributed by atoms with Crippen LogP contribution >= 0.6 is 11.6 Å². The summed E-state index contributed by atoms with van der Waals surface area (Å²) in [6.07, 6.45) is 0.929. The van der Waals surface area contributed by atoms with Gasteiger partial charge in [0, 0.05) is 35.9 Å². The Morgan fingerprint density at radius 3 is 2.60 bits per heavy atom. The highest BCUT2D eigenvalue weighted by Gasteiger charge is 2.11. The average molecular weight is 292 g/mol. The van der Waals surface area contributed by atoms with E-state index in [1.165, 1.54) is 16.8 Å². The van der Waals surface area contributed by atoms with Crippen LogP contribution in [0.1, 0.15) is 29.4 Å². The Hall–Kier alpha value is -1.32. The summed E-state index contributed by atoms with van der Waals surface area (Å²) < 4.78 is 1.94. The third kappa shape index (κ3) is 3.41. The Labute approximate surface area is 126 Å². The van der Waals surface area contributed by atoms with E-state index in [-0.39, 0.29) is 0 Å². The first-order valence-corrected chi connectivity index (χ1v) is 7.32. The molecule has 1 atom stereocenters. The maximum Gasteiger partial charge on any atom is 0.0641 e. The van der Waals surface area contributed by atoms with E-state index in [9.17, 15) is 0 Å². The van der Waals surface area contributed by atoms with Crippen molar-refractivity contribution in [3.63, 3.8) is 0 Å². The van der Waals surface area contributed by atoms with E-state index in [4.69, 9.17) is 11.6 Å². The molecular weight excluding hydrogens is 270 g/mol. The minimum absolute atomic E-state index is 0.369. The average Bonchev–Trinajstić information content (AvgIpc) is 2.64.